The van der Waals surface area contributed by atoms with Crippen LogP contribution in [0.1, 0.15) is 31.5 Å². The number of halogens is 1. The number of ether oxygens (including phenoxy) is 1. The first-order valence-electron chi connectivity index (χ1n) is 6.24. The van der Waals surface area contributed by atoms with E-state index < -0.39 is 0 Å². The molecule has 0 spiro atoms. The van der Waals surface area contributed by atoms with Crippen LogP contribution in [0.4, 0.5) is 0 Å². The fourth-order valence-corrected chi connectivity index (χ4v) is 3.10. The molecule has 1 saturated heterocycles. The van der Waals surface area contributed by atoms with Gasteiger partial charge in [-0.15, -0.1) is 0 Å². The van der Waals surface area contributed by atoms with E-state index in [9.17, 15) is 0 Å². The second-order valence-corrected chi connectivity index (χ2v) is 5.29. The van der Waals surface area contributed by atoms with Gasteiger partial charge in [-0.3, -0.25) is 4.68 Å². The smallest absolute Gasteiger partial charge is 0.0699 e. The summed E-state index contributed by atoms with van der Waals surface area (Å²) in [6.45, 7) is 4.76. The molecule has 1 aliphatic rings. The third-order valence-electron chi connectivity index (χ3n) is 3.41. The predicted octanol–water partition coefficient (Wildman–Crippen LogP) is 2.35. The summed E-state index contributed by atoms with van der Waals surface area (Å²) >= 11 is 3.60. The molecule has 0 aliphatic carbocycles. The Bertz CT molecular complexity index is 361. The van der Waals surface area contributed by atoms with Crippen LogP contribution in [0.15, 0.2) is 10.7 Å². The summed E-state index contributed by atoms with van der Waals surface area (Å²) in [5.74, 6) is 0.534. The van der Waals surface area contributed by atoms with Gasteiger partial charge in [0.05, 0.1) is 29.0 Å². The van der Waals surface area contributed by atoms with E-state index in [-0.39, 0.29) is 0 Å². The lowest BCUT2D eigenvalue weighted by atomic mass is 9.91. The fourth-order valence-electron chi connectivity index (χ4n) is 2.56. The molecule has 2 heterocycles. The molecule has 1 N–H and O–H groups in total. The molecule has 2 atom stereocenters. The monoisotopic (exact) mass is 301 g/mol. The van der Waals surface area contributed by atoms with Crippen LogP contribution >= 0.6 is 15.9 Å². The van der Waals surface area contributed by atoms with E-state index in [4.69, 9.17) is 4.74 Å². The Morgan fingerprint density at radius 3 is 3.12 bits per heavy atom. The topological polar surface area (TPSA) is 39.1 Å². The number of rotatable bonds is 4. The Balaban J connectivity index is 2.23. The van der Waals surface area contributed by atoms with Crippen LogP contribution in [-0.4, -0.2) is 30.0 Å². The summed E-state index contributed by atoms with van der Waals surface area (Å²) in [5, 5.41) is 7.81. The van der Waals surface area contributed by atoms with Gasteiger partial charge in [-0.05, 0) is 42.7 Å². The Labute approximate surface area is 111 Å². The van der Waals surface area contributed by atoms with E-state index in [1.54, 1.807) is 0 Å². The number of aryl methyl sites for hydroxylation is 1. The highest BCUT2D eigenvalue weighted by Crippen LogP contribution is 2.32. The van der Waals surface area contributed by atoms with E-state index in [0.29, 0.717) is 12.0 Å². The highest BCUT2D eigenvalue weighted by Gasteiger charge is 2.28. The summed E-state index contributed by atoms with van der Waals surface area (Å²) in [6, 6.07) is 0.312. The minimum absolute atomic E-state index is 0.312. The average molecular weight is 302 g/mol. The van der Waals surface area contributed by atoms with Gasteiger partial charge in [-0.1, -0.05) is 0 Å². The summed E-state index contributed by atoms with van der Waals surface area (Å²) in [4.78, 5) is 0. The van der Waals surface area contributed by atoms with Crippen LogP contribution in [0.2, 0.25) is 0 Å². The van der Waals surface area contributed by atoms with E-state index in [1.807, 2.05) is 13.2 Å². The van der Waals surface area contributed by atoms with E-state index in [0.717, 1.165) is 30.7 Å². The van der Waals surface area contributed by atoms with Crippen molar-refractivity contribution in [3.8, 4) is 0 Å². The molecule has 1 fully saturated rings. The van der Waals surface area contributed by atoms with Crippen molar-refractivity contribution < 1.29 is 4.74 Å². The molecule has 2 rings (SSSR count). The minimum atomic E-state index is 0.312. The molecular weight excluding hydrogens is 282 g/mol. The lowest BCUT2D eigenvalue weighted by Crippen LogP contribution is -2.33. The van der Waals surface area contributed by atoms with Crippen molar-refractivity contribution in [2.75, 3.05) is 20.3 Å². The number of nitrogens with zero attached hydrogens (tertiary/aromatic N) is 2. The Hall–Kier alpha value is -0.390. The molecular formula is C12H20BrN3O. The van der Waals surface area contributed by atoms with Gasteiger partial charge in [-0.25, -0.2) is 0 Å². The largest absolute Gasteiger partial charge is 0.381 e. The SMILES string of the molecule is CCn1ncc(Br)c1C(NC)C1CCCOC1. The zero-order valence-corrected chi connectivity index (χ0v) is 12.0. The zero-order chi connectivity index (χ0) is 12.3. The second-order valence-electron chi connectivity index (χ2n) is 4.44. The van der Waals surface area contributed by atoms with Crippen LogP contribution in [0.5, 0.6) is 0 Å². The maximum absolute atomic E-state index is 5.59. The summed E-state index contributed by atoms with van der Waals surface area (Å²) < 4.78 is 8.73. The first kappa shape index (κ1) is 13.1. The average Bonchev–Trinajstić information content (AvgIpc) is 2.74. The first-order valence-corrected chi connectivity index (χ1v) is 7.03. The maximum Gasteiger partial charge on any atom is 0.0699 e. The number of aromatic nitrogens is 2. The van der Waals surface area contributed by atoms with Gasteiger partial charge in [0, 0.05) is 19.1 Å². The Morgan fingerprint density at radius 2 is 2.53 bits per heavy atom. The van der Waals surface area contributed by atoms with E-state index >= 15 is 0 Å². The molecule has 1 aromatic rings. The molecule has 4 nitrogen and oxygen atoms in total. The molecule has 2 unspecified atom stereocenters. The standard InChI is InChI=1S/C12H20BrN3O/c1-3-16-12(10(13)7-15-16)11(14-2)9-5-4-6-17-8-9/h7,9,11,14H,3-6,8H2,1-2H3. The van der Waals surface area contributed by atoms with E-state index in [1.165, 1.54) is 12.1 Å². The predicted molar refractivity (Wildman–Crippen MR) is 70.9 cm³/mol. The van der Waals surface area contributed by atoms with E-state index in [2.05, 4.69) is 38.0 Å². The normalized spacial score (nSPS) is 22.6. The Morgan fingerprint density at radius 1 is 1.71 bits per heavy atom. The van der Waals surface area contributed by atoms with Crippen molar-refractivity contribution in [2.45, 2.75) is 32.4 Å². The fraction of sp³-hybridized carbons (Fsp3) is 0.750. The summed E-state index contributed by atoms with van der Waals surface area (Å²) in [5.41, 5.74) is 1.24. The van der Waals surface area contributed by atoms with Crippen molar-refractivity contribution >= 4 is 15.9 Å². The molecule has 0 saturated carbocycles. The Kier molecular flexibility index (Phi) is 4.59. The summed E-state index contributed by atoms with van der Waals surface area (Å²) in [6.07, 6.45) is 4.25. The quantitative estimate of drug-likeness (QED) is 0.928. The van der Waals surface area contributed by atoms with Crippen molar-refractivity contribution in [1.82, 2.24) is 15.1 Å². The number of hydrogen-bond donors (Lipinski definition) is 1. The highest BCUT2D eigenvalue weighted by molar-refractivity contribution is 9.10. The van der Waals surface area contributed by atoms with Crippen LogP contribution < -0.4 is 5.32 Å². The van der Waals surface area contributed by atoms with Gasteiger partial charge in [-0.2, -0.15) is 5.10 Å². The molecule has 0 amide bonds. The molecule has 0 aromatic carbocycles. The number of hydrogen-bond acceptors (Lipinski definition) is 3. The molecule has 1 aromatic heterocycles. The van der Waals surface area contributed by atoms with Crippen molar-refractivity contribution in [1.29, 1.82) is 0 Å². The molecule has 0 bridgehead atoms. The zero-order valence-electron chi connectivity index (χ0n) is 10.4. The molecule has 5 heteroatoms. The van der Waals surface area contributed by atoms with Crippen LogP contribution in [0.25, 0.3) is 0 Å². The third-order valence-corrected chi connectivity index (χ3v) is 4.02. The molecule has 1 aliphatic heterocycles. The molecule has 96 valence electrons. The molecule has 0 radical (unpaired) electrons. The van der Waals surface area contributed by atoms with Gasteiger partial charge in [0.15, 0.2) is 0 Å². The van der Waals surface area contributed by atoms with Gasteiger partial charge < -0.3 is 10.1 Å². The third kappa shape index (κ3) is 2.72. The maximum atomic E-state index is 5.59. The van der Waals surface area contributed by atoms with Crippen molar-refractivity contribution in [3.05, 3.63) is 16.4 Å². The highest BCUT2D eigenvalue weighted by atomic mass is 79.9. The summed E-state index contributed by atoms with van der Waals surface area (Å²) in [7, 11) is 2.01. The van der Waals surface area contributed by atoms with Gasteiger partial charge in [0.25, 0.3) is 0 Å². The van der Waals surface area contributed by atoms with Crippen LogP contribution in [0, 0.1) is 5.92 Å². The lowest BCUT2D eigenvalue weighted by molar-refractivity contribution is 0.0388. The minimum Gasteiger partial charge on any atom is -0.381 e. The van der Waals surface area contributed by atoms with Gasteiger partial charge in [0.2, 0.25) is 0 Å². The van der Waals surface area contributed by atoms with Crippen LogP contribution in [-0.2, 0) is 11.3 Å². The van der Waals surface area contributed by atoms with Gasteiger partial charge in [0.1, 0.15) is 0 Å². The van der Waals surface area contributed by atoms with Crippen molar-refractivity contribution in [2.24, 2.45) is 5.92 Å². The van der Waals surface area contributed by atoms with Crippen LogP contribution in [0.3, 0.4) is 0 Å². The molecule has 17 heavy (non-hydrogen) atoms. The van der Waals surface area contributed by atoms with Crippen molar-refractivity contribution in [3.63, 3.8) is 0 Å². The lowest BCUT2D eigenvalue weighted by Gasteiger charge is -2.30. The first-order chi connectivity index (χ1) is 8.27. The second kappa shape index (κ2) is 5.98. The number of nitrogens with one attached hydrogen (secondary N) is 1. The van der Waals surface area contributed by atoms with Gasteiger partial charge >= 0.3 is 0 Å².